The number of aliphatic carboxylic acids is 1. The van der Waals surface area contributed by atoms with Gasteiger partial charge in [0, 0.05) is 5.56 Å². The van der Waals surface area contributed by atoms with Crippen LogP contribution < -0.4 is 16.2 Å². The number of carboxylic acid groups (broad SMARTS) is 1. The van der Waals surface area contributed by atoms with Crippen molar-refractivity contribution in [3.63, 3.8) is 0 Å². The largest absolute Gasteiger partial charge is 0.548 e. The molecule has 0 saturated carbocycles. The van der Waals surface area contributed by atoms with Crippen molar-refractivity contribution in [2.75, 3.05) is 0 Å². The van der Waals surface area contributed by atoms with E-state index in [0.29, 0.717) is 0 Å². The maximum Gasteiger partial charge on any atom is 0.408 e. The van der Waals surface area contributed by atoms with Gasteiger partial charge in [-0.05, 0) is 16.5 Å². The summed E-state index contributed by atoms with van der Waals surface area (Å²) >= 11 is 0. The molecule has 0 saturated heterocycles. The van der Waals surface area contributed by atoms with Crippen molar-refractivity contribution < 1.29 is 30.3 Å². The van der Waals surface area contributed by atoms with Crippen LogP contribution in [0.5, 0.6) is 0 Å². The van der Waals surface area contributed by atoms with Gasteiger partial charge in [-0.3, -0.25) is 0 Å². The maximum atomic E-state index is 11.6. The molecule has 5 N–H and O–H groups in total. The van der Waals surface area contributed by atoms with Crippen molar-refractivity contribution >= 4 is 12.1 Å². The third kappa shape index (κ3) is 9.23. The summed E-state index contributed by atoms with van der Waals surface area (Å²) in [6.07, 6.45) is -1.32. The number of rotatable bonds is 7. The van der Waals surface area contributed by atoms with Gasteiger partial charge in [0.25, 0.3) is 0 Å². The Morgan fingerprint density at radius 3 is 1.80 bits per heavy atom. The molecule has 3 rings (SSSR count). The quantitative estimate of drug-likeness (QED) is 0.481. The topological polar surface area (TPSA) is 126 Å². The Morgan fingerprint density at radius 2 is 1.34 bits per heavy atom. The van der Waals surface area contributed by atoms with E-state index in [4.69, 9.17) is 4.74 Å². The van der Waals surface area contributed by atoms with Gasteiger partial charge in [0.2, 0.25) is 0 Å². The van der Waals surface area contributed by atoms with Crippen molar-refractivity contribution in [3.8, 4) is 0 Å². The van der Waals surface area contributed by atoms with E-state index >= 15 is 0 Å². The molecule has 0 radical (unpaired) electrons. The highest BCUT2D eigenvalue weighted by molar-refractivity contribution is 5.79. The SMILES string of the molecule is CC(C)(C)[C@@H](NC(=O)OCc1ccccc1)C(=O)[O-].[NH3+][C@H](c1ccccc1)[C@@H](O)c1ccccc1. The Kier molecular flexibility index (Phi) is 10.5. The molecule has 0 aliphatic carbocycles. The Labute approximate surface area is 206 Å². The summed E-state index contributed by atoms with van der Waals surface area (Å²) in [6.45, 7) is 5.19. The Bertz CT molecular complexity index is 994. The Balaban J connectivity index is 0.000000250. The molecule has 35 heavy (non-hydrogen) atoms. The lowest BCUT2D eigenvalue weighted by Gasteiger charge is -2.31. The molecule has 186 valence electrons. The van der Waals surface area contributed by atoms with Gasteiger partial charge in [0.1, 0.15) is 18.8 Å². The van der Waals surface area contributed by atoms with Gasteiger partial charge in [0.15, 0.2) is 0 Å². The van der Waals surface area contributed by atoms with Gasteiger partial charge in [-0.25, -0.2) is 4.79 Å². The molecule has 0 aromatic heterocycles. The number of carbonyl (C=O) groups excluding carboxylic acids is 2. The van der Waals surface area contributed by atoms with E-state index < -0.39 is 29.6 Å². The first kappa shape index (κ1) is 27.6. The average molecular weight is 479 g/mol. The molecule has 7 heteroatoms. The number of ether oxygens (including phenoxy) is 1. The summed E-state index contributed by atoms with van der Waals surface area (Å²) in [7, 11) is 0. The number of amides is 1. The summed E-state index contributed by atoms with van der Waals surface area (Å²) in [5, 5.41) is 23.5. The second kappa shape index (κ2) is 13.3. The molecular formula is C28H34N2O5. The first-order chi connectivity index (χ1) is 16.6. The number of carboxylic acids is 1. The van der Waals surface area contributed by atoms with E-state index in [-0.39, 0.29) is 12.6 Å². The van der Waals surface area contributed by atoms with Crippen LogP contribution in [-0.2, 0) is 16.1 Å². The van der Waals surface area contributed by atoms with Gasteiger partial charge >= 0.3 is 6.09 Å². The molecule has 0 unspecified atom stereocenters. The molecule has 3 aromatic carbocycles. The lowest BCUT2D eigenvalue weighted by atomic mass is 9.87. The number of hydrogen-bond donors (Lipinski definition) is 3. The number of aliphatic hydroxyl groups excluding tert-OH is 1. The molecule has 0 aliphatic heterocycles. The summed E-state index contributed by atoms with van der Waals surface area (Å²) in [4.78, 5) is 22.5. The molecular weight excluding hydrogens is 444 g/mol. The standard InChI is InChI=1S/C14H19NO4.C14H15NO/c1-14(2,3)11(12(16)17)15-13(18)19-9-10-7-5-4-6-8-10;15-13(11-7-3-1-4-8-11)14(16)12-9-5-2-6-10-12/h4-8,11H,9H2,1-3H3,(H,15,18)(H,16,17);1-10,13-14,16H,15H2/t11-;13-,14+/m01/s1. The molecule has 7 nitrogen and oxygen atoms in total. The summed E-state index contributed by atoms with van der Waals surface area (Å²) < 4.78 is 4.96. The van der Waals surface area contributed by atoms with E-state index in [1.807, 2.05) is 91.0 Å². The van der Waals surface area contributed by atoms with E-state index in [9.17, 15) is 19.8 Å². The lowest BCUT2D eigenvalue weighted by molar-refractivity contribution is -0.446. The van der Waals surface area contributed by atoms with Crippen molar-refractivity contribution in [2.24, 2.45) is 5.41 Å². The predicted molar refractivity (Wildman–Crippen MR) is 131 cm³/mol. The van der Waals surface area contributed by atoms with E-state index in [1.54, 1.807) is 20.8 Å². The maximum absolute atomic E-state index is 11.6. The van der Waals surface area contributed by atoms with E-state index in [2.05, 4.69) is 11.1 Å². The van der Waals surface area contributed by atoms with Crippen molar-refractivity contribution in [2.45, 2.75) is 45.6 Å². The fraction of sp³-hybridized carbons (Fsp3) is 0.286. The summed E-state index contributed by atoms with van der Waals surface area (Å²) in [5.41, 5.74) is 6.18. The smallest absolute Gasteiger partial charge is 0.408 e. The first-order valence-electron chi connectivity index (χ1n) is 11.4. The van der Waals surface area contributed by atoms with Gasteiger partial charge in [-0.1, -0.05) is 112 Å². The van der Waals surface area contributed by atoms with Gasteiger partial charge in [0.05, 0.1) is 12.0 Å². The minimum atomic E-state index is -1.33. The number of carbonyl (C=O) groups is 2. The van der Waals surface area contributed by atoms with E-state index in [0.717, 1.165) is 16.7 Å². The lowest BCUT2D eigenvalue weighted by Crippen LogP contribution is -2.56. The highest BCUT2D eigenvalue weighted by Gasteiger charge is 2.28. The fourth-order valence-corrected chi connectivity index (χ4v) is 3.28. The van der Waals surface area contributed by atoms with Crippen LogP contribution in [0.15, 0.2) is 91.0 Å². The molecule has 3 aromatic rings. The second-order valence-electron chi connectivity index (χ2n) is 9.20. The van der Waals surface area contributed by atoms with Crippen LogP contribution in [0.2, 0.25) is 0 Å². The van der Waals surface area contributed by atoms with Crippen LogP contribution >= 0.6 is 0 Å². The highest BCUT2D eigenvalue weighted by Crippen LogP contribution is 2.24. The molecule has 0 aliphatic rings. The molecule has 0 bridgehead atoms. The number of hydrogen-bond acceptors (Lipinski definition) is 5. The normalized spacial score (nSPS) is 13.4. The number of alkyl carbamates (subject to hydrolysis) is 1. The van der Waals surface area contributed by atoms with Crippen LogP contribution in [0.1, 0.15) is 49.6 Å². The Hall–Kier alpha value is -3.68. The van der Waals surface area contributed by atoms with Crippen LogP contribution in [0.3, 0.4) is 0 Å². The Morgan fingerprint density at radius 1 is 0.886 bits per heavy atom. The third-order valence-electron chi connectivity index (χ3n) is 5.33. The third-order valence-corrected chi connectivity index (χ3v) is 5.33. The molecule has 1 amide bonds. The monoisotopic (exact) mass is 478 g/mol. The summed E-state index contributed by atoms with van der Waals surface area (Å²) in [5.74, 6) is -1.33. The van der Waals surface area contributed by atoms with Gasteiger partial charge in [-0.2, -0.15) is 0 Å². The molecule has 0 heterocycles. The number of aliphatic hydroxyl groups is 1. The minimum absolute atomic E-state index is 0.0938. The van der Waals surface area contributed by atoms with Gasteiger partial charge < -0.3 is 30.8 Å². The first-order valence-corrected chi connectivity index (χ1v) is 11.4. The van der Waals surface area contributed by atoms with Crippen LogP contribution in [0.25, 0.3) is 0 Å². The summed E-state index contributed by atoms with van der Waals surface area (Å²) in [6, 6.07) is 27.4. The van der Waals surface area contributed by atoms with Crippen molar-refractivity contribution in [3.05, 3.63) is 108 Å². The number of quaternary nitrogens is 1. The highest BCUT2D eigenvalue weighted by atomic mass is 16.5. The second-order valence-corrected chi connectivity index (χ2v) is 9.20. The van der Waals surface area contributed by atoms with Crippen molar-refractivity contribution in [1.82, 2.24) is 5.32 Å². The fourth-order valence-electron chi connectivity index (χ4n) is 3.28. The zero-order valence-corrected chi connectivity index (χ0v) is 20.4. The van der Waals surface area contributed by atoms with Gasteiger partial charge in [-0.15, -0.1) is 0 Å². The number of nitrogens with one attached hydrogen (secondary N) is 1. The molecule has 0 fully saturated rings. The van der Waals surface area contributed by atoms with Crippen molar-refractivity contribution in [1.29, 1.82) is 0 Å². The number of benzene rings is 3. The average Bonchev–Trinajstić information content (AvgIpc) is 2.86. The van der Waals surface area contributed by atoms with Crippen LogP contribution in [-0.4, -0.2) is 23.2 Å². The van der Waals surface area contributed by atoms with Crippen LogP contribution in [0.4, 0.5) is 4.79 Å². The zero-order valence-electron chi connectivity index (χ0n) is 20.4. The minimum Gasteiger partial charge on any atom is -0.548 e. The molecule has 3 atom stereocenters. The zero-order chi connectivity index (χ0) is 25.8. The molecule has 0 spiro atoms. The van der Waals surface area contributed by atoms with Crippen LogP contribution in [0, 0.1) is 5.41 Å². The predicted octanol–water partition coefficient (Wildman–Crippen LogP) is 2.78. The van der Waals surface area contributed by atoms with E-state index in [1.165, 1.54) is 0 Å².